The van der Waals surface area contributed by atoms with E-state index in [9.17, 15) is 4.79 Å². The molecular formula is C5H7NO2. The molecule has 0 fully saturated rings. The van der Waals surface area contributed by atoms with Crippen molar-refractivity contribution in [2.24, 2.45) is 5.16 Å². The molecule has 0 bridgehead atoms. The summed E-state index contributed by atoms with van der Waals surface area (Å²) in [5, 5.41) is 3.50. The molecule has 0 saturated carbocycles. The molecule has 8 heavy (non-hydrogen) atoms. The van der Waals surface area contributed by atoms with E-state index in [0.717, 1.165) is 12.1 Å². The van der Waals surface area contributed by atoms with E-state index >= 15 is 0 Å². The molecule has 0 aromatic heterocycles. The van der Waals surface area contributed by atoms with Crippen LogP contribution in [0.2, 0.25) is 0 Å². The summed E-state index contributed by atoms with van der Waals surface area (Å²) in [6.07, 6.45) is 1.20. The van der Waals surface area contributed by atoms with Gasteiger partial charge in [-0.1, -0.05) is 12.1 Å². The lowest BCUT2D eigenvalue weighted by Gasteiger charge is -1.80. The zero-order valence-electron chi connectivity index (χ0n) is 4.68. The van der Waals surface area contributed by atoms with Gasteiger partial charge < -0.3 is 4.84 Å². The van der Waals surface area contributed by atoms with Crippen LogP contribution in [0, 0.1) is 0 Å². The minimum atomic E-state index is -0.234. The highest BCUT2D eigenvalue weighted by Crippen LogP contribution is 2.03. The molecule has 0 radical (unpaired) electrons. The van der Waals surface area contributed by atoms with Crippen LogP contribution in [0.3, 0.4) is 0 Å². The third-order valence-corrected chi connectivity index (χ3v) is 1.03. The van der Waals surface area contributed by atoms with Crippen molar-refractivity contribution >= 4 is 11.7 Å². The Kier molecular flexibility index (Phi) is 1.28. The summed E-state index contributed by atoms with van der Waals surface area (Å²) in [5.74, 6) is -0.234. The summed E-state index contributed by atoms with van der Waals surface area (Å²) in [4.78, 5) is 14.6. The van der Waals surface area contributed by atoms with Crippen molar-refractivity contribution in [3.8, 4) is 0 Å². The molecule has 44 valence electrons. The number of hydrogen-bond acceptors (Lipinski definition) is 3. The van der Waals surface area contributed by atoms with Gasteiger partial charge in [0.1, 0.15) is 0 Å². The van der Waals surface area contributed by atoms with Crippen LogP contribution >= 0.6 is 0 Å². The summed E-state index contributed by atoms with van der Waals surface area (Å²) in [6.45, 7) is 1.95. The van der Waals surface area contributed by atoms with E-state index in [1.807, 2.05) is 6.92 Å². The van der Waals surface area contributed by atoms with Gasteiger partial charge >= 0.3 is 5.97 Å². The maximum Gasteiger partial charge on any atom is 0.340 e. The lowest BCUT2D eigenvalue weighted by atomic mass is 10.2. The molecule has 0 spiro atoms. The van der Waals surface area contributed by atoms with Crippen molar-refractivity contribution in [2.45, 2.75) is 19.8 Å². The van der Waals surface area contributed by atoms with Crippen LogP contribution in [0.15, 0.2) is 5.16 Å². The number of carbonyl (C=O) groups is 1. The largest absolute Gasteiger partial charge is 0.340 e. The van der Waals surface area contributed by atoms with Crippen molar-refractivity contribution in [3.05, 3.63) is 0 Å². The monoisotopic (exact) mass is 113 g/mol. The number of rotatable bonds is 1. The van der Waals surface area contributed by atoms with Gasteiger partial charge in [-0.15, -0.1) is 0 Å². The standard InChI is InChI=1S/C5H7NO2/c1-2-4-3-5(7)8-6-4/h2-3H2,1H3. The SMILES string of the molecule is CCC1=NOC(=O)C1. The van der Waals surface area contributed by atoms with E-state index in [4.69, 9.17) is 0 Å². The molecule has 0 saturated heterocycles. The minimum absolute atomic E-state index is 0.234. The molecule has 0 amide bonds. The molecule has 3 nitrogen and oxygen atoms in total. The fourth-order valence-electron chi connectivity index (χ4n) is 0.536. The van der Waals surface area contributed by atoms with Crippen LogP contribution < -0.4 is 0 Å². The Labute approximate surface area is 47.3 Å². The minimum Gasteiger partial charge on any atom is -0.318 e. The average Bonchev–Trinajstić information content (AvgIpc) is 2.14. The number of hydrogen-bond donors (Lipinski definition) is 0. The quantitative estimate of drug-likeness (QED) is 0.469. The second-order valence-corrected chi connectivity index (χ2v) is 1.65. The Hall–Kier alpha value is -0.860. The smallest absolute Gasteiger partial charge is 0.318 e. The number of carbonyl (C=O) groups excluding carboxylic acids is 1. The number of nitrogens with zero attached hydrogens (tertiary/aromatic N) is 1. The fourth-order valence-corrected chi connectivity index (χ4v) is 0.536. The predicted molar refractivity (Wildman–Crippen MR) is 28.4 cm³/mol. The van der Waals surface area contributed by atoms with Crippen LogP contribution in [0.4, 0.5) is 0 Å². The summed E-state index contributed by atoms with van der Waals surface area (Å²) < 4.78 is 0. The summed E-state index contributed by atoms with van der Waals surface area (Å²) in [7, 11) is 0. The molecule has 0 aromatic carbocycles. The van der Waals surface area contributed by atoms with Gasteiger partial charge in [0.15, 0.2) is 0 Å². The fraction of sp³-hybridized carbons (Fsp3) is 0.600. The molecule has 0 N–H and O–H groups in total. The van der Waals surface area contributed by atoms with Crippen molar-refractivity contribution in [2.75, 3.05) is 0 Å². The molecular weight excluding hydrogens is 106 g/mol. The lowest BCUT2D eigenvalue weighted by Crippen LogP contribution is -1.95. The van der Waals surface area contributed by atoms with Crippen LogP contribution in [0.25, 0.3) is 0 Å². The topological polar surface area (TPSA) is 38.7 Å². The third kappa shape index (κ3) is 0.857. The van der Waals surface area contributed by atoms with E-state index in [2.05, 4.69) is 9.99 Å². The maximum absolute atomic E-state index is 10.3. The average molecular weight is 113 g/mol. The van der Waals surface area contributed by atoms with Gasteiger partial charge in [-0.2, -0.15) is 0 Å². The zero-order chi connectivity index (χ0) is 5.98. The summed E-state index contributed by atoms with van der Waals surface area (Å²) >= 11 is 0. The lowest BCUT2D eigenvalue weighted by molar-refractivity contribution is -0.140. The van der Waals surface area contributed by atoms with Crippen molar-refractivity contribution in [1.82, 2.24) is 0 Å². The van der Waals surface area contributed by atoms with Gasteiger partial charge in [0.2, 0.25) is 0 Å². The van der Waals surface area contributed by atoms with Gasteiger partial charge in [0.05, 0.1) is 12.1 Å². The second kappa shape index (κ2) is 1.94. The van der Waals surface area contributed by atoms with Gasteiger partial charge in [-0.25, -0.2) is 4.79 Å². The van der Waals surface area contributed by atoms with E-state index < -0.39 is 0 Å². The highest BCUT2D eigenvalue weighted by molar-refractivity contribution is 6.01. The highest BCUT2D eigenvalue weighted by Gasteiger charge is 2.14. The normalized spacial score (nSPS) is 18.1. The first-order valence-electron chi connectivity index (χ1n) is 2.58. The molecule has 1 rings (SSSR count). The summed E-state index contributed by atoms with van der Waals surface area (Å²) in [6, 6.07) is 0. The first kappa shape index (κ1) is 5.28. The zero-order valence-corrected chi connectivity index (χ0v) is 4.68. The first-order chi connectivity index (χ1) is 3.83. The molecule has 0 atom stereocenters. The Bertz CT molecular complexity index is 139. The Balaban J connectivity index is 2.49. The van der Waals surface area contributed by atoms with Crippen molar-refractivity contribution in [1.29, 1.82) is 0 Å². The molecule has 3 heteroatoms. The second-order valence-electron chi connectivity index (χ2n) is 1.65. The molecule has 0 unspecified atom stereocenters. The van der Waals surface area contributed by atoms with E-state index in [1.54, 1.807) is 0 Å². The van der Waals surface area contributed by atoms with Crippen LogP contribution in [0.5, 0.6) is 0 Å². The maximum atomic E-state index is 10.3. The van der Waals surface area contributed by atoms with Crippen LogP contribution in [0.1, 0.15) is 19.8 Å². The first-order valence-corrected chi connectivity index (χ1v) is 2.58. The van der Waals surface area contributed by atoms with Crippen LogP contribution in [-0.4, -0.2) is 11.7 Å². The van der Waals surface area contributed by atoms with E-state index in [1.165, 1.54) is 0 Å². The molecule has 0 aromatic rings. The molecule has 0 aliphatic carbocycles. The molecule has 1 aliphatic heterocycles. The van der Waals surface area contributed by atoms with Gasteiger partial charge in [-0.05, 0) is 6.42 Å². The molecule has 1 aliphatic rings. The Morgan fingerprint density at radius 2 is 2.62 bits per heavy atom. The Morgan fingerprint density at radius 1 is 1.88 bits per heavy atom. The van der Waals surface area contributed by atoms with Crippen molar-refractivity contribution < 1.29 is 9.63 Å². The van der Waals surface area contributed by atoms with Gasteiger partial charge in [0.25, 0.3) is 0 Å². The summed E-state index contributed by atoms with van der Waals surface area (Å²) in [5.41, 5.74) is 0.843. The van der Waals surface area contributed by atoms with Gasteiger partial charge in [-0.3, -0.25) is 0 Å². The highest BCUT2D eigenvalue weighted by atomic mass is 16.7. The van der Waals surface area contributed by atoms with Crippen LogP contribution in [-0.2, 0) is 9.63 Å². The molecule has 1 heterocycles. The number of oxime groups is 1. The third-order valence-electron chi connectivity index (χ3n) is 1.03. The van der Waals surface area contributed by atoms with Gasteiger partial charge in [0, 0.05) is 0 Å². The van der Waals surface area contributed by atoms with E-state index in [-0.39, 0.29) is 5.97 Å². The predicted octanol–water partition coefficient (Wildman–Crippen LogP) is 0.699. The Morgan fingerprint density at radius 3 is 2.88 bits per heavy atom. The van der Waals surface area contributed by atoms with Crippen molar-refractivity contribution in [3.63, 3.8) is 0 Å². The van der Waals surface area contributed by atoms with E-state index in [0.29, 0.717) is 6.42 Å².